The van der Waals surface area contributed by atoms with Gasteiger partial charge in [0.2, 0.25) is 5.91 Å². The third-order valence-electron chi connectivity index (χ3n) is 4.16. The van der Waals surface area contributed by atoms with E-state index in [1.54, 1.807) is 41.9 Å². The molecule has 3 aromatic rings. The molecule has 0 aliphatic heterocycles. The van der Waals surface area contributed by atoms with Gasteiger partial charge in [0, 0.05) is 35.4 Å². The quantitative estimate of drug-likeness (QED) is 0.578. The Kier molecular flexibility index (Phi) is 4.55. The molecule has 0 fully saturated rings. The van der Waals surface area contributed by atoms with Gasteiger partial charge in [0.15, 0.2) is 11.7 Å². The molecule has 0 saturated heterocycles. The number of nitrogens with one attached hydrogen (secondary N) is 1. The number of benzene rings is 2. The van der Waals surface area contributed by atoms with E-state index < -0.39 is 23.4 Å². The van der Waals surface area contributed by atoms with Gasteiger partial charge in [-0.25, -0.2) is 4.39 Å². The third-order valence-corrected chi connectivity index (χ3v) is 4.16. The van der Waals surface area contributed by atoms with E-state index in [4.69, 9.17) is 0 Å². The summed E-state index contributed by atoms with van der Waals surface area (Å²) >= 11 is 0. The second kappa shape index (κ2) is 6.81. The number of ketones is 1. The van der Waals surface area contributed by atoms with Gasteiger partial charge in [-0.2, -0.15) is 5.26 Å². The number of rotatable bonds is 4. The van der Waals surface area contributed by atoms with E-state index in [1.807, 2.05) is 13.0 Å². The fourth-order valence-corrected chi connectivity index (χ4v) is 2.89. The zero-order valence-electron chi connectivity index (χ0n) is 14.3. The molecule has 0 aliphatic rings. The highest BCUT2D eigenvalue weighted by atomic mass is 19.1. The highest BCUT2D eigenvalue weighted by Gasteiger charge is 2.30. The Morgan fingerprint density at radius 1 is 1.23 bits per heavy atom. The fourth-order valence-electron chi connectivity index (χ4n) is 2.89. The summed E-state index contributed by atoms with van der Waals surface area (Å²) in [5.74, 6) is -3.38. The Labute approximate surface area is 149 Å². The number of anilines is 1. The number of fused-ring (bicyclic) bond motifs is 1. The molecule has 1 N–H and O–H groups in total. The Morgan fingerprint density at radius 2 is 2.00 bits per heavy atom. The number of aromatic nitrogens is 1. The lowest BCUT2D eigenvalue weighted by atomic mass is 9.97. The second-order valence-electron chi connectivity index (χ2n) is 6.10. The molecule has 0 spiro atoms. The molecule has 2 aromatic carbocycles. The van der Waals surface area contributed by atoms with Crippen molar-refractivity contribution >= 4 is 28.3 Å². The molecule has 26 heavy (non-hydrogen) atoms. The van der Waals surface area contributed by atoms with Crippen LogP contribution in [0.25, 0.3) is 10.9 Å². The van der Waals surface area contributed by atoms with Gasteiger partial charge < -0.3 is 9.88 Å². The van der Waals surface area contributed by atoms with Crippen LogP contribution in [0.1, 0.15) is 15.9 Å². The minimum Gasteiger partial charge on any atom is -0.350 e. The molecule has 6 heteroatoms. The van der Waals surface area contributed by atoms with E-state index in [0.29, 0.717) is 16.6 Å². The summed E-state index contributed by atoms with van der Waals surface area (Å²) < 4.78 is 15.3. The standard InChI is InChI=1S/C20H16FN3O2/c1-12-4-3-5-14(8-12)23-20(26)16(10-22)19(25)17-11-24(2)18-7-6-13(21)9-15(17)18/h3-9,11,16H,1-2H3,(H,23,26)/t16-/m1/s1. The average molecular weight is 349 g/mol. The van der Waals surface area contributed by atoms with E-state index in [1.165, 1.54) is 18.3 Å². The SMILES string of the molecule is Cc1cccc(NC(=O)[C@H](C#N)C(=O)c2cn(C)c3ccc(F)cc23)c1. The number of Topliss-reactive ketones (excluding diaryl/α,β-unsaturated/α-hetero) is 1. The van der Waals surface area contributed by atoms with Crippen LogP contribution in [0.4, 0.5) is 10.1 Å². The van der Waals surface area contributed by atoms with E-state index >= 15 is 0 Å². The minimum absolute atomic E-state index is 0.146. The molecule has 3 rings (SSSR count). The zero-order valence-corrected chi connectivity index (χ0v) is 14.3. The molecule has 0 bridgehead atoms. The predicted octanol–water partition coefficient (Wildman–Crippen LogP) is 3.59. The lowest BCUT2D eigenvalue weighted by Gasteiger charge is -2.10. The molecule has 0 saturated carbocycles. The molecule has 0 aliphatic carbocycles. The number of hydrogen-bond donors (Lipinski definition) is 1. The normalized spacial score (nSPS) is 11.8. The highest BCUT2D eigenvalue weighted by Crippen LogP contribution is 2.24. The summed E-state index contributed by atoms with van der Waals surface area (Å²) in [6.07, 6.45) is 1.51. The Morgan fingerprint density at radius 3 is 2.69 bits per heavy atom. The molecular weight excluding hydrogens is 333 g/mol. The molecule has 1 aromatic heterocycles. The highest BCUT2D eigenvalue weighted by molar-refractivity contribution is 6.19. The van der Waals surface area contributed by atoms with E-state index in [0.717, 1.165) is 5.56 Å². The fraction of sp³-hybridized carbons (Fsp3) is 0.150. The van der Waals surface area contributed by atoms with Crippen molar-refractivity contribution in [3.05, 3.63) is 65.6 Å². The van der Waals surface area contributed by atoms with Gasteiger partial charge in [-0.05, 0) is 42.8 Å². The van der Waals surface area contributed by atoms with Gasteiger partial charge >= 0.3 is 0 Å². The zero-order chi connectivity index (χ0) is 18.8. The Bertz CT molecular complexity index is 1060. The number of nitriles is 1. The van der Waals surface area contributed by atoms with Crippen LogP contribution < -0.4 is 5.32 Å². The van der Waals surface area contributed by atoms with Crippen molar-refractivity contribution in [1.29, 1.82) is 5.26 Å². The van der Waals surface area contributed by atoms with Crippen LogP contribution >= 0.6 is 0 Å². The Hall–Kier alpha value is -3.46. The van der Waals surface area contributed by atoms with Crippen LogP contribution in [0.2, 0.25) is 0 Å². The van der Waals surface area contributed by atoms with Gasteiger partial charge in [0.1, 0.15) is 5.82 Å². The molecule has 0 unspecified atom stereocenters. The molecule has 1 atom stereocenters. The van der Waals surface area contributed by atoms with Crippen LogP contribution in [0.3, 0.4) is 0 Å². The number of hydrogen-bond acceptors (Lipinski definition) is 3. The van der Waals surface area contributed by atoms with E-state index in [2.05, 4.69) is 5.32 Å². The van der Waals surface area contributed by atoms with Crippen molar-refractivity contribution < 1.29 is 14.0 Å². The van der Waals surface area contributed by atoms with E-state index in [9.17, 15) is 19.2 Å². The largest absolute Gasteiger partial charge is 0.350 e. The first-order valence-corrected chi connectivity index (χ1v) is 7.96. The number of aryl methyl sites for hydroxylation is 2. The first-order valence-electron chi connectivity index (χ1n) is 7.96. The number of carbonyl (C=O) groups excluding carboxylic acids is 2. The summed E-state index contributed by atoms with van der Waals surface area (Å²) in [7, 11) is 1.71. The smallest absolute Gasteiger partial charge is 0.249 e. The minimum atomic E-state index is -1.52. The van der Waals surface area contributed by atoms with Gasteiger partial charge in [0.25, 0.3) is 0 Å². The summed E-state index contributed by atoms with van der Waals surface area (Å²) in [6.45, 7) is 1.87. The molecule has 1 amide bonds. The van der Waals surface area contributed by atoms with Crippen LogP contribution in [-0.2, 0) is 11.8 Å². The molecule has 5 nitrogen and oxygen atoms in total. The average Bonchev–Trinajstić information content (AvgIpc) is 2.91. The van der Waals surface area contributed by atoms with Crippen molar-refractivity contribution in [3.63, 3.8) is 0 Å². The van der Waals surface area contributed by atoms with Gasteiger partial charge in [-0.15, -0.1) is 0 Å². The third kappa shape index (κ3) is 3.20. The summed E-state index contributed by atoms with van der Waals surface area (Å²) in [5.41, 5.74) is 2.23. The molecule has 130 valence electrons. The topological polar surface area (TPSA) is 74.9 Å². The molecular formula is C20H16FN3O2. The van der Waals surface area contributed by atoms with Crippen molar-refractivity contribution in [2.45, 2.75) is 6.92 Å². The maximum atomic E-state index is 13.6. The Balaban J connectivity index is 1.93. The molecule has 0 radical (unpaired) electrons. The first kappa shape index (κ1) is 17.4. The van der Waals surface area contributed by atoms with Crippen LogP contribution in [0.5, 0.6) is 0 Å². The molecule has 1 heterocycles. The van der Waals surface area contributed by atoms with Gasteiger partial charge in [-0.1, -0.05) is 12.1 Å². The van der Waals surface area contributed by atoms with Gasteiger partial charge in [-0.3, -0.25) is 9.59 Å². The van der Waals surface area contributed by atoms with Crippen LogP contribution in [-0.4, -0.2) is 16.3 Å². The van der Waals surface area contributed by atoms with E-state index in [-0.39, 0.29) is 5.56 Å². The lowest BCUT2D eigenvalue weighted by molar-refractivity contribution is -0.117. The maximum Gasteiger partial charge on any atom is 0.249 e. The number of amides is 1. The summed E-state index contributed by atoms with van der Waals surface area (Å²) in [6, 6.07) is 12.9. The van der Waals surface area contributed by atoms with Crippen molar-refractivity contribution in [2.24, 2.45) is 13.0 Å². The maximum absolute atomic E-state index is 13.6. The van der Waals surface area contributed by atoms with Crippen molar-refractivity contribution in [1.82, 2.24) is 4.57 Å². The number of carbonyl (C=O) groups is 2. The lowest BCUT2D eigenvalue weighted by Crippen LogP contribution is -2.28. The van der Waals surface area contributed by atoms with Crippen LogP contribution in [0, 0.1) is 30.0 Å². The van der Waals surface area contributed by atoms with Crippen LogP contribution in [0.15, 0.2) is 48.7 Å². The summed E-state index contributed by atoms with van der Waals surface area (Å²) in [5, 5.41) is 12.3. The predicted molar refractivity (Wildman–Crippen MR) is 96.1 cm³/mol. The monoisotopic (exact) mass is 349 g/mol. The van der Waals surface area contributed by atoms with Crippen molar-refractivity contribution in [2.75, 3.05) is 5.32 Å². The second-order valence-corrected chi connectivity index (χ2v) is 6.10. The number of halogens is 1. The van der Waals surface area contributed by atoms with Crippen molar-refractivity contribution in [3.8, 4) is 6.07 Å². The number of nitrogens with zero attached hydrogens (tertiary/aromatic N) is 2. The first-order chi connectivity index (χ1) is 12.4. The van der Waals surface area contributed by atoms with Gasteiger partial charge in [0.05, 0.1) is 6.07 Å². The summed E-state index contributed by atoms with van der Waals surface area (Å²) in [4.78, 5) is 25.2.